The maximum absolute atomic E-state index is 11.3. The Morgan fingerprint density at radius 3 is 2.30 bits per heavy atom. The normalized spacial score (nSPS) is 10.3. The van der Waals surface area contributed by atoms with Gasteiger partial charge >= 0.3 is 162 Å². The molecule has 0 fully saturated rings. The van der Waals surface area contributed by atoms with Crippen molar-refractivity contribution >= 4 is 20.5 Å². The molecule has 1 heterocycles. The molecule has 0 aliphatic carbocycles. The first-order valence-corrected chi connectivity index (χ1v) is 9.68. The van der Waals surface area contributed by atoms with Crippen LogP contribution in [0.1, 0.15) is 20.5 Å². The van der Waals surface area contributed by atoms with Crippen LogP contribution in [0.3, 0.4) is 0 Å². The predicted octanol–water partition coefficient (Wildman–Crippen LogP) is 3.37. The van der Waals surface area contributed by atoms with Gasteiger partial charge in [0.25, 0.3) is 0 Å². The third-order valence-corrected chi connectivity index (χ3v) is 6.57. The number of aryl methyl sites for hydroxylation is 1. The van der Waals surface area contributed by atoms with E-state index in [1.54, 1.807) is 14.0 Å². The zero-order valence-corrected chi connectivity index (χ0v) is 16.7. The summed E-state index contributed by atoms with van der Waals surface area (Å²) in [5, 5.41) is 19.1. The Morgan fingerprint density at radius 2 is 1.78 bits per heavy atom. The first-order valence-electron chi connectivity index (χ1n) is 7.96. The Hall–Kier alpha value is -3.07. The third kappa shape index (κ3) is 3.45. The molecule has 3 aromatic rings. The van der Waals surface area contributed by atoms with Crippen LogP contribution >= 0.6 is 0 Å². The van der Waals surface area contributed by atoms with Gasteiger partial charge < -0.3 is 0 Å². The number of carboxylic acid groups (broad SMARTS) is 1. The van der Waals surface area contributed by atoms with Gasteiger partial charge in [-0.1, -0.05) is 0 Å². The van der Waals surface area contributed by atoms with Crippen molar-refractivity contribution in [2.24, 2.45) is 0 Å². The molecule has 7 heteroatoms. The molecule has 0 spiro atoms. The summed E-state index contributed by atoms with van der Waals surface area (Å²) in [4.78, 5) is 15.8. The number of hydrogen-bond acceptors (Lipinski definition) is 5. The summed E-state index contributed by atoms with van der Waals surface area (Å²) >= 11 is -0.447. The van der Waals surface area contributed by atoms with E-state index in [1.807, 2.05) is 36.4 Å². The van der Waals surface area contributed by atoms with Gasteiger partial charge in [0.15, 0.2) is 0 Å². The Balaban J connectivity index is 2.17. The summed E-state index contributed by atoms with van der Waals surface area (Å²) in [6.07, 6.45) is 0. The number of methoxy groups -OCH3 is 2. The van der Waals surface area contributed by atoms with Gasteiger partial charge in [-0.3, -0.25) is 0 Å². The second-order valence-electron chi connectivity index (χ2n) is 5.65. The van der Waals surface area contributed by atoms with E-state index >= 15 is 0 Å². The topological polar surface area (TPSA) is 92.4 Å². The van der Waals surface area contributed by atoms with Crippen LogP contribution < -0.4 is 9.47 Å². The molecule has 2 aromatic carbocycles. The summed E-state index contributed by atoms with van der Waals surface area (Å²) in [5.41, 5.74) is 3.13. The monoisotopic (exact) mass is 428 g/mol. The van der Waals surface area contributed by atoms with Gasteiger partial charge in [-0.15, -0.1) is 0 Å². The van der Waals surface area contributed by atoms with Gasteiger partial charge in [0.2, 0.25) is 0 Å². The van der Waals surface area contributed by atoms with Crippen molar-refractivity contribution in [1.29, 1.82) is 5.26 Å². The fourth-order valence-corrected chi connectivity index (χ4v) is 4.74. The second kappa shape index (κ2) is 7.66. The van der Waals surface area contributed by atoms with Crippen LogP contribution in [-0.4, -0.2) is 44.8 Å². The maximum atomic E-state index is 11.3. The van der Waals surface area contributed by atoms with Gasteiger partial charge in [-0.2, -0.15) is 0 Å². The molecule has 0 saturated carbocycles. The number of nitrogens with zero attached hydrogens (tertiary/aromatic N) is 2. The van der Waals surface area contributed by atoms with Crippen LogP contribution in [-0.2, 0) is 0 Å². The van der Waals surface area contributed by atoms with Crippen molar-refractivity contribution in [3.63, 3.8) is 0 Å². The summed E-state index contributed by atoms with van der Waals surface area (Å²) in [5.74, 6) is 0.179. The van der Waals surface area contributed by atoms with Crippen molar-refractivity contribution in [3.05, 3.63) is 52.1 Å². The van der Waals surface area contributed by atoms with Gasteiger partial charge in [0.1, 0.15) is 0 Å². The first-order chi connectivity index (χ1) is 13.0. The molecule has 0 unspecified atom stereocenters. The number of aromatic nitrogens is 1. The van der Waals surface area contributed by atoms with E-state index < -0.39 is 20.5 Å². The first kappa shape index (κ1) is 18.7. The molecular weight excluding hydrogens is 411 g/mol. The van der Waals surface area contributed by atoms with Crippen molar-refractivity contribution < 1.29 is 19.4 Å². The molecule has 0 atom stereocenters. The number of carboxylic acids is 1. The van der Waals surface area contributed by atoms with Crippen LogP contribution in [0.25, 0.3) is 21.3 Å². The van der Waals surface area contributed by atoms with E-state index in [9.17, 15) is 15.2 Å². The Morgan fingerprint density at radius 1 is 1.11 bits per heavy atom. The Labute approximate surface area is 162 Å². The molecule has 1 aromatic heterocycles. The summed E-state index contributed by atoms with van der Waals surface area (Å²) in [6.45, 7) is 1.68. The van der Waals surface area contributed by atoms with E-state index in [4.69, 9.17) is 9.47 Å². The van der Waals surface area contributed by atoms with E-state index in [-0.39, 0.29) is 0 Å². The summed E-state index contributed by atoms with van der Waals surface area (Å²) < 4.78 is 11.7. The molecule has 27 heavy (non-hydrogen) atoms. The van der Waals surface area contributed by atoms with E-state index in [1.165, 1.54) is 7.11 Å². The zero-order valence-electron chi connectivity index (χ0n) is 14.9. The van der Waals surface area contributed by atoms with Gasteiger partial charge in [-0.05, 0) is 0 Å². The minimum atomic E-state index is -0.958. The number of aromatic carboxylic acids is 1. The van der Waals surface area contributed by atoms with E-state index in [2.05, 4.69) is 11.1 Å². The van der Waals surface area contributed by atoms with Gasteiger partial charge in [0, 0.05) is 0 Å². The molecule has 0 saturated heterocycles. The zero-order chi connectivity index (χ0) is 19.6. The van der Waals surface area contributed by atoms with Crippen molar-refractivity contribution in [3.8, 4) is 38.8 Å². The number of benzene rings is 2. The molecular formula is C20H16N2O4Se. The number of rotatable bonds is 5. The number of ether oxygens (including phenoxy) is 2. The van der Waals surface area contributed by atoms with Crippen LogP contribution in [0.15, 0.2) is 36.4 Å². The quantitative estimate of drug-likeness (QED) is 0.628. The van der Waals surface area contributed by atoms with Gasteiger partial charge in [0.05, 0.1) is 0 Å². The molecule has 3 rings (SSSR count). The third-order valence-electron chi connectivity index (χ3n) is 4.10. The van der Waals surface area contributed by atoms with Crippen molar-refractivity contribution in [2.45, 2.75) is 6.92 Å². The molecule has 0 bridgehead atoms. The second-order valence-corrected chi connectivity index (χ2v) is 7.74. The fraction of sp³-hybridized carbons (Fsp3) is 0.150. The van der Waals surface area contributed by atoms with Crippen LogP contribution in [0, 0.1) is 18.3 Å². The molecule has 6 nitrogen and oxygen atoms in total. The van der Waals surface area contributed by atoms with Crippen LogP contribution in [0.4, 0.5) is 0 Å². The van der Waals surface area contributed by atoms with Gasteiger partial charge in [-0.25, -0.2) is 0 Å². The summed E-state index contributed by atoms with van der Waals surface area (Å²) in [6, 6.07) is 13.3. The molecule has 136 valence electrons. The minimum absolute atomic E-state index is 0.317. The summed E-state index contributed by atoms with van der Waals surface area (Å²) in [7, 11) is 3.09. The number of hydrogen-bond donors (Lipinski definition) is 1. The Kier molecular flexibility index (Phi) is 5.31. The molecule has 0 aliphatic rings. The average molecular weight is 427 g/mol. The number of nitriles is 1. The van der Waals surface area contributed by atoms with Crippen molar-refractivity contribution in [1.82, 2.24) is 4.98 Å². The van der Waals surface area contributed by atoms with Crippen molar-refractivity contribution in [2.75, 3.05) is 14.2 Å². The van der Waals surface area contributed by atoms with Crippen LogP contribution in [0.5, 0.6) is 11.5 Å². The average Bonchev–Trinajstić information content (AvgIpc) is 3.08. The molecule has 0 radical (unpaired) electrons. The standard InChI is InChI=1S/C20H16N2O4Se/c1-11-18(20(23)24)27-19(22-11)15-9-8-14(16(10-21)17(15)26-3)12-4-6-13(25-2)7-5-12/h4-9H,1-3H3,(H,23,24). The molecule has 0 aliphatic heterocycles. The SMILES string of the molecule is COc1ccc(-c2ccc(-c3nc(C)c(C(=O)O)[se]3)c(OC)c2C#N)cc1. The number of carbonyl (C=O) groups is 1. The fourth-order valence-electron chi connectivity index (χ4n) is 2.80. The van der Waals surface area contributed by atoms with E-state index in [0.717, 1.165) is 16.9 Å². The van der Waals surface area contributed by atoms with Crippen LogP contribution in [0.2, 0.25) is 0 Å². The Bertz CT molecular complexity index is 1050. The predicted molar refractivity (Wildman–Crippen MR) is 102 cm³/mol. The molecule has 0 amide bonds. The molecule has 1 N–H and O–H groups in total. The van der Waals surface area contributed by atoms with E-state index in [0.29, 0.717) is 31.6 Å².